The van der Waals surface area contributed by atoms with Crippen LogP contribution in [-0.2, 0) is 0 Å². The van der Waals surface area contributed by atoms with E-state index >= 15 is 0 Å². The highest BCUT2D eigenvalue weighted by atomic mass is 32.2. The van der Waals surface area contributed by atoms with Gasteiger partial charge in [0.1, 0.15) is 5.69 Å². The third kappa shape index (κ3) is 5.47. The van der Waals surface area contributed by atoms with Crippen molar-refractivity contribution in [2.75, 3.05) is 0 Å². The van der Waals surface area contributed by atoms with E-state index in [9.17, 15) is 9.59 Å². The Morgan fingerprint density at radius 1 is 1.00 bits per heavy atom. The second-order valence-corrected chi connectivity index (χ2v) is 9.26. The van der Waals surface area contributed by atoms with Gasteiger partial charge < -0.3 is 11.1 Å². The minimum atomic E-state index is -0.470. The lowest BCUT2D eigenvalue weighted by atomic mass is 10.1. The van der Waals surface area contributed by atoms with Gasteiger partial charge in [0.25, 0.3) is 11.8 Å². The second-order valence-electron chi connectivity index (χ2n) is 8.04. The zero-order valence-electron chi connectivity index (χ0n) is 18.6. The van der Waals surface area contributed by atoms with Crippen molar-refractivity contribution in [2.24, 2.45) is 15.7 Å². The number of aromatic nitrogens is 1. The van der Waals surface area contributed by atoms with Crippen LogP contribution in [0.2, 0.25) is 0 Å². The Morgan fingerprint density at radius 2 is 1.83 bits per heavy atom. The van der Waals surface area contributed by atoms with Crippen molar-refractivity contribution >= 4 is 51.2 Å². The number of pyridine rings is 1. The molecule has 35 heavy (non-hydrogen) atoms. The maximum absolute atomic E-state index is 12.8. The number of allylic oxidation sites excluding steroid dienone is 2. The summed E-state index contributed by atoms with van der Waals surface area (Å²) in [5.41, 5.74) is 7.02. The van der Waals surface area contributed by atoms with Crippen LogP contribution in [0, 0.1) is 0 Å². The van der Waals surface area contributed by atoms with Gasteiger partial charge in [0.05, 0.1) is 11.7 Å². The van der Waals surface area contributed by atoms with Gasteiger partial charge in [-0.1, -0.05) is 66.4 Å². The van der Waals surface area contributed by atoms with Gasteiger partial charge in [-0.05, 0) is 36.1 Å². The fraction of sp³-hybridized carbons (Fsp3) is 0.115. The van der Waals surface area contributed by atoms with Gasteiger partial charge in [0.15, 0.2) is 5.17 Å². The Kier molecular flexibility index (Phi) is 6.40. The van der Waals surface area contributed by atoms with Crippen LogP contribution in [0.15, 0.2) is 95.1 Å². The first-order valence-corrected chi connectivity index (χ1v) is 11.9. The highest BCUT2D eigenvalue weighted by Gasteiger charge is 2.24. The SMILES string of the molecule is NC(=Nc1cccc(C(=O)NC2=NC3C=CC=CC(C3)S2)c1)NC(=O)c1cc2ccccc2cn1. The average Bonchev–Trinajstić information content (AvgIpc) is 3.03. The van der Waals surface area contributed by atoms with E-state index in [1.54, 1.807) is 36.5 Å². The van der Waals surface area contributed by atoms with Gasteiger partial charge >= 0.3 is 0 Å². The van der Waals surface area contributed by atoms with Crippen molar-refractivity contribution in [3.05, 3.63) is 96.4 Å². The van der Waals surface area contributed by atoms with Crippen LogP contribution < -0.4 is 16.4 Å². The van der Waals surface area contributed by atoms with Crippen LogP contribution in [0.4, 0.5) is 5.69 Å². The number of amidine groups is 1. The summed E-state index contributed by atoms with van der Waals surface area (Å²) >= 11 is 1.53. The summed E-state index contributed by atoms with van der Waals surface area (Å²) in [7, 11) is 0. The summed E-state index contributed by atoms with van der Waals surface area (Å²) in [4.78, 5) is 38.4. The van der Waals surface area contributed by atoms with Crippen LogP contribution in [0.1, 0.15) is 27.3 Å². The standard InChI is InChI=1S/C26H22N6O2S/c27-25(31-24(34)22-13-16-6-1-2-7-18(16)15-28-22)29-19-10-5-8-17(12-19)23(33)32-26-30-20-9-3-4-11-21(14-20)35-26/h1-13,15,20-21H,14H2,(H,30,32,33)(H3,27,29,31,34). The molecule has 0 radical (unpaired) electrons. The van der Waals surface area contributed by atoms with Crippen molar-refractivity contribution in [3.63, 3.8) is 0 Å². The van der Waals surface area contributed by atoms with Crippen molar-refractivity contribution in [1.29, 1.82) is 0 Å². The number of carbonyl (C=O) groups is 2. The van der Waals surface area contributed by atoms with Crippen molar-refractivity contribution in [1.82, 2.24) is 15.6 Å². The lowest BCUT2D eigenvalue weighted by molar-refractivity contribution is 0.0966. The summed E-state index contributed by atoms with van der Waals surface area (Å²) in [5.74, 6) is -0.858. The van der Waals surface area contributed by atoms with E-state index in [1.807, 2.05) is 42.5 Å². The third-order valence-electron chi connectivity index (χ3n) is 5.47. The highest BCUT2D eigenvalue weighted by molar-refractivity contribution is 8.14. The predicted octanol–water partition coefficient (Wildman–Crippen LogP) is 3.70. The Morgan fingerprint density at radius 3 is 2.71 bits per heavy atom. The molecule has 5 rings (SSSR count). The van der Waals surface area contributed by atoms with Crippen LogP contribution in [0.3, 0.4) is 0 Å². The molecule has 0 fully saturated rings. The van der Waals surface area contributed by atoms with Crippen LogP contribution in [0.5, 0.6) is 0 Å². The summed E-state index contributed by atoms with van der Waals surface area (Å²) in [6, 6.07) is 16.1. The molecule has 2 amide bonds. The predicted molar refractivity (Wildman–Crippen MR) is 140 cm³/mol. The molecule has 0 saturated heterocycles. The largest absolute Gasteiger partial charge is 0.369 e. The Bertz CT molecular complexity index is 1430. The topological polar surface area (TPSA) is 122 Å². The molecule has 0 spiro atoms. The first kappa shape index (κ1) is 22.5. The highest BCUT2D eigenvalue weighted by Crippen LogP contribution is 2.28. The number of rotatable bonds is 3. The monoisotopic (exact) mass is 482 g/mol. The number of hydrogen-bond acceptors (Lipinski definition) is 6. The molecule has 1 aliphatic heterocycles. The van der Waals surface area contributed by atoms with E-state index in [4.69, 9.17) is 5.73 Å². The zero-order valence-corrected chi connectivity index (χ0v) is 19.4. The summed E-state index contributed by atoms with van der Waals surface area (Å²) < 4.78 is 0. The zero-order chi connectivity index (χ0) is 24.2. The first-order valence-electron chi connectivity index (χ1n) is 11.0. The van der Waals surface area contributed by atoms with E-state index in [-0.39, 0.29) is 28.9 Å². The minimum Gasteiger partial charge on any atom is -0.369 e. The van der Waals surface area contributed by atoms with E-state index in [2.05, 4.69) is 31.7 Å². The lowest BCUT2D eigenvalue weighted by Gasteiger charge is -2.22. The Labute approximate surface area is 206 Å². The lowest BCUT2D eigenvalue weighted by Crippen LogP contribution is -2.37. The Balaban J connectivity index is 1.26. The fourth-order valence-electron chi connectivity index (χ4n) is 3.79. The third-order valence-corrected chi connectivity index (χ3v) is 6.56. The van der Waals surface area contributed by atoms with Gasteiger partial charge in [0.2, 0.25) is 5.96 Å². The number of amides is 2. The minimum absolute atomic E-state index is 0.0583. The van der Waals surface area contributed by atoms with Gasteiger partial charge in [-0.25, -0.2) is 4.99 Å². The number of nitrogens with zero attached hydrogens (tertiary/aromatic N) is 3. The summed E-state index contributed by atoms with van der Waals surface area (Å²) in [5, 5.41) is 8.13. The molecule has 1 aliphatic carbocycles. The molecule has 2 aromatic carbocycles. The van der Waals surface area contributed by atoms with E-state index in [0.29, 0.717) is 16.4 Å². The van der Waals surface area contributed by atoms with Crippen molar-refractivity contribution in [2.45, 2.75) is 17.7 Å². The number of hydrogen-bond donors (Lipinski definition) is 3. The van der Waals surface area contributed by atoms with E-state index in [1.165, 1.54) is 11.8 Å². The van der Waals surface area contributed by atoms with Gasteiger partial charge in [-0.2, -0.15) is 0 Å². The number of nitrogens with two attached hydrogens (primary N) is 1. The molecule has 8 nitrogen and oxygen atoms in total. The molecule has 3 aromatic rings. The number of benzene rings is 2. The molecule has 2 heterocycles. The molecule has 2 bridgehead atoms. The quantitative estimate of drug-likeness (QED) is 0.388. The molecular formula is C26H22N6O2S. The fourth-order valence-corrected chi connectivity index (χ4v) is 4.88. The van der Waals surface area contributed by atoms with Crippen molar-refractivity contribution in [3.8, 4) is 0 Å². The molecule has 2 aliphatic rings. The van der Waals surface area contributed by atoms with Crippen LogP contribution >= 0.6 is 11.8 Å². The summed E-state index contributed by atoms with van der Waals surface area (Å²) in [6.45, 7) is 0. The maximum Gasteiger partial charge on any atom is 0.276 e. The number of aliphatic imine (C=N–C) groups is 2. The van der Waals surface area contributed by atoms with E-state index in [0.717, 1.165) is 17.2 Å². The van der Waals surface area contributed by atoms with Gasteiger partial charge in [-0.15, -0.1) is 0 Å². The first-order chi connectivity index (χ1) is 17.0. The number of carbonyl (C=O) groups excluding carboxylic acids is 2. The average molecular weight is 483 g/mol. The molecule has 2 unspecified atom stereocenters. The molecule has 174 valence electrons. The molecule has 4 N–H and O–H groups in total. The van der Waals surface area contributed by atoms with Gasteiger partial charge in [0, 0.05) is 22.4 Å². The Hall–Kier alpha value is -4.24. The molecular weight excluding hydrogens is 460 g/mol. The van der Waals surface area contributed by atoms with Crippen molar-refractivity contribution < 1.29 is 9.59 Å². The second kappa shape index (κ2) is 9.94. The van der Waals surface area contributed by atoms with Gasteiger partial charge in [-0.3, -0.25) is 24.9 Å². The van der Waals surface area contributed by atoms with Crippen LogP contribution in [-0.4, -0.2) is 39.2 Å². The van der Waals surface area contributed by atoms with Crippen LogP contribution in [0.25, 0.3) is 10.8 Å². The molecule has 0 saturated carbocycles. The molecule has 9 heteroatoms. The smallest absolute Gasteiger partial charge is 0.276 e. The summed E-state index contributed by atoms with van der Waals surface area (Å²) in [6.07, 6.45) is 10.7. The molecule has 1 aromatic heterocycles. The number of fused-ring (bicyclic) bond motifs is 3. The maximum atomic E-state index is 12.8. The number of thioether (sulfide) groups is 1. The molecule has 2 atom stereocenters. The normalized spacial score (nSPS) is 19.1. The number of guanidine groups is 1. The van der Waals surface area contributed by atoms with E-state index < -0.39 is 5.91 Å². The number of nitrogens with one attached hydrogen (secondary N) is 2.